The van der Waals surface area contributed by atoms with E-state index in [9.17, 15) is 9.90 Å². The number of amides is 1. The molecule has 1 aromatic heterocycles. The fourth-order valence-corrected chi connectivity index (χ4v) is 3.04. The molecular formula is C15H15ClN2O2S. The average Bonchev–Trinajstić information content (AvgIpc) is 3.20. The molecule has 1 aliphatic carbocycles. The predicted octanol–water partition coefficient (Wildman–Crippen LogP) is 3.02. The highest BCUT2D eigenvalue weighted by atomic mass is 35.5. The van der Waals surface area contributed by atoms with Crippen molar-refractivity contribution in [3.63, 3.8) is 0 Å². The van der Waals surface area contributed by atoms with E-state index in [2.05, 4.69) is 4.98 Å². The monoisotopic (exact) mass is 322 g/mol. The number of aliphatic hydroxyl groups excluding tert-OH is 1. The summed E-state index contributed by atoms with van der Waals surface area (Å²) in [5, 5.41) is 13.6. The van der Waals surface area contributed by atoms with Crippen LogP contribution in [-0.2, 0) is 11.3 Å². The van der Waals surface area contributed by atoms with Crippen LogP contribution in [0.5, 0.6) is 0 Å². The molecule has 110 valence electrons. The molecule has 4 nitrogen and oxygen atoms in total. The van der Waals surface area contributed by atoms with E-state index in [1.807, 2.05) is 5.38 Å². The number of aliphatic hydroxyl groups is 1. The first kappa shape index (κ1) is 14.5. The summed E-state index contributed by atoms with van der Waals surface area (Å²) in [5.41, 5.74) is 0.525. The Bertz CT molecular complexity index is 628. The summed E-state index contributed by atoms with van der Waals surface area (Å²) in [6.07, 6.45) is 2.52. The number of carbonyl (C=O) groups excluding carboxylic acids is 1. The fourth-order valence-electron chi connectivity index (χ4n) is 2.23. The smallest absolute Gasteiger partial charge is 0.256 e. The zero-order valence-electron chi connectivity index (χ0n) is 11.3. The van der Waals surface area contributed by atoms with Gasteiger partial charge in [-0.1, -0.05) is 23.7 Å². The molecule has 1 saturated carbocycles. The number of hydrogen-bond acceptors (Lipinski definition) is 4. The lowest BCUT2D eigenvalue weighted by molar-refractivity contribution is -0.141. The van der Waals surface area contributed by atoms with Gasteiger partial charge in [-0.15, -0.1) is 11.3 Å². The van der Waals surface area contributed by atoms with Crippen molar-refractivity contribution < 1.29 is 9.90 Å². The molecule has 1 unspecified atom stereocenters. The second-order valence-corrected chi connectivity index (χ2v) is 6.50. The normalized spacial score (nSPS) is 15.7. The number of carbonyl (C=O) groups is 1. The van der Waals surface area contributed by atoms with Gasteiger partial charge in [0.25, 0.3) is 5.91 Å². The maximum absolute atomic E-state index is 12.6. The molecule has 3 rings (SSSR count). The molecule has 0 bridgehead atoms. The highest BCUT2D eigenvalue weighted by Gasteiger charge is 2.36. The van der Waals surface area contributed by atoms with Gasteiger partial charge in [0.2, 0.25) is 0 Å². The van der Waals surface area contributed by atoms with Crippen LogP contribution in [0.4, 0.5) is 0 Å². The van der Waals surface area contributed by atoms with Crippen molar-refractivity contribution in [3.05, 3.63) is 51.4 Å². The summed E-state index contributed by atoms with van der Waals surface area (Å²) in [4.78, 5) is 18.5. The van der Waals surface area contributed by atoms with Gasteiger partial charge in [-0.25, -0.2) is 4.98 Å². The molecule has 1 fully saturated rings. The van der Waals surface area contributed by atoms with Gasteiger partial charge in [0.15, 0.2) is 6.10 Å². The average molecular weight is 323 g/mol. The second kappa shape index (κ2) is 6.13. The van der Waals surface area contributed by atoms with Gasteiger partial charge in [-0.2, -0.15) is 0 Å². The van der Waals surface area contributed by atoms with E-state index in [1.165, 1.54) is 11.3 Å². The first-order valence-electron chi connectivity index (χ1n) is 6.77. The largest absolute Gasteiger partial charge is 0.378 e. The topological polar surface area (TPSA) is 53.4 Å². The lowest BCUT2D eigenvalue weighted by Crippen LogP contribution is -2.36. The summed E-state index contributed by atoms with van der Waals surface area (Å²) in [5.74, 6) is -0.282. The highest BCUT2D eigenvalue weighted by Crippen LogP contribution is 2.31. The van der Waals surface area contributed by atoms with Crippen LogP contribution in [0.3, 0.4) is 0 Å². The van der Waals surface area contributed by atoms with Crippen molar-refractivity contribution in [2.75, 3.05) is 0 Å². The molecule has 2 aromatic rings. The van der Waals surface area contributed by atoms with Crippen LogP contribution < -0.4 is 0 Å². The minimum absolute atomic E-state index is 0.218. The third-order valence-corrected chi connectivity index (χ3v) is 4.46. The van der Waals surface area contributed by atoms with Gasteiger partial charge in [0, 0.05) is 22.6 Å². The number of halogens is 1. The number of nitrogens with zero attached hydrogens (tertiary/aromatic N) is 2. The SMILES string of the molecule is O=C(C(O)c1cccc(Cl)c1)N(Cc1nccs1)C1CC1. The van der Waals surface area contributed by atoms with E-state index in [4.69, 9.17) is 11.6 Å². The highest BCUT2D eigenvalue weighted by molar-refractivity contribution is 7.09. The molecule has 1 N–H and O–H groups in total. The summed E-state index contributed by atoms with van der Waals surface area (Å²) in [6.45, 7) is 0.457. The Morgan fingerprint density at radius 3 is 2.95 bits per heavy atom. The van der Waals surface area contributed by atoms with Crippen LogP contribution in [0.1, 0.15) is 29.5 Å². The molecule has 6 heteroatoms. The van der Waals surface area contributed by atoms with Gasteiger partial charge < -0.3 is 10.0 Å². The molecule has 1 aromatic carbocycles. The van der Waals surface area contributed by atoms with Crippen LogP contribution in [-0.4, -0.2) is 26.9 Å². The summed E-state index contributed by atoms with van der Waals surface area (Å²) >= 11 is 7.43. The van der Waals surface area contributed by atoms with Gasteiger partial charge in [0.1, 0.15) is 5.01 Å². The quantitative estimate of drug-likeness (QED) is 0.920. The first-order chi connectivity index (χ1) is 10.1. The Labute approximate surface area is 132 Å². The standard InChI is InChI=1S/C15H15ClN2O2S/c16-11-3-1-2-10(8-11)14(19)15(20)18(12-4-5-12)9-13-17-6-7-21-13/h1-3,6-8,12,14,19H,4-5,9H2. The van der Waals surface area contributed by atoms with Crippen molar-refractivity contribution in [1.29, 1.82) is 0 Å². The number of aromatic nitrogens is 1. The zero-order valence-corrected chi connectivity index (χ0v) is 12.8. The summed E-state index contributed by atoms with van der Waals surface area (Å²) in [7, 11) is 0. The number of hydrogen-bond donors (Lipinski definition) is 1. The lowest BCUT2D eigenvalue weighted by Gasteiger charge is -2.24. The minimum Gasteiger partial charge on any atom is -0.378 e. The molecule has 0 radical (unpaired) electrons. The van der Waals surface area contributed by atoms with Crippen LogP contribution in [0.2, 0.25) is 5.02 Å². The van der Waals surface area contributed by atoms with Gasteiger partial charge in [-0.05, 0) is 30.5 Å². The zero-order chi connectivity index (χ0) is 14.8. The van der Waals surface area contributed by atoms with Crippen molar-refractivity contribution in [2.24, 2.45) is 0 Å². The first-order valence-corrected chi connectivity index (χ1v) is 8.03. The molecular weight excluding hydrogens is 308 g/mol. The molecule has 0 spiro atoms. The Hall–Kier alpha value is -1.43. The van der Waals surface area contributed by atoms with E-state index < -0.39 is 6.10 Å². The lowest BCUT2D eigenvalue weighted by atomic mass is 10.1. The van der Waals surface area contributed by atoms with Gasteiger partial charge in [0.05, 0.1) is 6.54 Å². The van der Waals surface area contributed by atoms with E-state index in [0.29, 0.717) is 17.1 Å². The summed E-state index contributed by atoms with van der Waals surface area (Å²) < 4.78 is 0. The predicted molar refractivity (Wildman–Crippen MR) is 82.1 cm³/mol. The van der Waals surface area contributed by atoms with Crippen molar-refractivity contribution in [2.45, 2.75) is 31.5 Å². The molecule has 0 saturated heterocycles. The van der Waals surface area contributed by atoms with Crippen LogP contribution in [0.15, 0.2) is 35.8 Å². The molecule has 1 atom stereocenters. The van der Waals surface area contributed by atoms with Crippen LogP contribution in [0, 0.1) is 0 Å². The Morgan fingerprint density at radius 1 is 1.52 bits per heavy atom. The minimum atomic E-state index is -1.18. The second-order valence-electron chi connectivity index (χ2n) is 5.08. The number of benzene rings is 1. The maximum Gasteiger partial charge on any atom is 0.256 e. The molecule has 1 aliphatic rings. The van der Waals surface area contributed by atoms with Crippen LogP contribution in [0.25, 0.3) is 0 Å². The third kappa shape index (κ3) is 3.43. The van der Waals surface area contributed by atoms with E-state index in [0.717, 1.165) is 17.8 Å². The van der Waals surface area contributed by atoms with E-state index in [1.54, 1.807) is 35.4 Å². The van der Waals surface area contributed by atoms with Crippen molar-refractivity contribution in [1.82, 2.24) is 9.88 Å². The fraction of sp³-hybridized carbons (Fsp3) is 0.333. The van der Waals surface area contributed by atoms with E-state index >= 15 is 0 Å². The Balaban J connectivity index is 1.77. The molecule has 1 amide bonds. The van der Waals surface area contributed by atoms with Gasteiger partial charge in [-0.3, -0.25) is 4.79 Å². The van der Waals surface area contributed by atoms with Crippen molar-refractivity contribution in [3.8, 4) is 0 Å². The Morgan fingerprint density at radius 2 is 2.33 bits per heavy atom. The Kier molecular flexibility index (Phi) is 4.24. The molecule has 1 heterocycles. The number of thiazole rings is 1. The maximum atomic E-state index is 12.6. The number of rotatable bonds is 5. The van der Waals surface area contributed by atoms with E-state index in [-0.39, 0.29) is 11.9 Å². The van der Waals surface area contributed by atoms with Gasteiger partial charge >= 0.3 is 0 Å². The van der Waals surface area contributed by atoms with Crippen molar-refractivity contribution >= 4 is 28.8 Å². The van der Waals surface area contributed by atoms with Crippen LogP contribution >= 0.6 is 22.9 Å². The molecule has 21 heavy (non-hydrogen) atoms. The third-order valence-electron chi connectivity index (χ3n) is 3.46. The summed E-state index contributed by atoms with van der Waals surface area (Å²) in [6, 6.07) is 7.00. The molecule has 0 aliphatic heterocycles.